The van der Waals surface area contributed by atoms with Gasteiger partial charge < -0.3 is 4.90 Å². The number of aromatic nitrogens is 2. The van der Waals surface area contributed by atoms with Crippen molar-refractivity contribution in [2.24, 2.45) is 0 Å². The van der Waals surface area contributed by atoms with E-state index >= 15 is 0 Å². The summed E-state index contributed by atoms with van der Waals surface area (Å²) in [7, 11) is 1.92. The van der Waals surface area contributed by atoms with Crippen LogP contribution in [0.3, 0.4) is 0 Å². The van der Waals surface area contributed by atoms with Crippen LogP contribution in [0, 0.1) is 5.82 Å². The van der Waals surface area contributed by atoms with Crippen molar-refractivity contribution in [3.63, 3.8) is 0 Å². The molecule has 2 aromatic rings. The second-order valence-electron chi connectivity index (χ2n) is 4.64. The van der Waals surface area contributed by atoms with Gasteiger partial charge in [0.1, 0.15) is 10.8 Å². The van der Waals surface area contributed by atoms with Crippen LogP contribution in [0.15, 0.2) is 24.3 Å². The molecule has 0 aliphatic heterocycles. The number of hydrogen-bond acceptors (Lipinski definition) is 4. The largest absolute Gasteiger partial charge is 0.345 e. The van der Waals surface area contributed by atoms with Crippen LogP contribution < -0.4 is 4.90 Å². The third-order valence-corrected chi connectivity index (χ3v) is 4.25. The molecule has 0 amide bonds. The summed E-state index contributed by atoms with van der Waals surface area (Å²) in [6.07, 6.45) is 2.46. The van der Waals surface area contributed by atoms with Gasteiger partial charge in [-0.15, -0.1) is 10.2 Å². The molecule has 0 atom stereocenters. The van der Waals surface area contributed by atoms with Crippen LogP contribution in [-0.4, -0.2) is 17.2 Å². The van der Waals surface area contributed by atoms with E-state index in [9.17, 15) is 4.39 Å². The molecule has 3 nitrogen and oxygen atoms in total. The summed E-state index contributed by atoms with van der Waals surface area (Å²) < 4.78 is 13.5. The number of benzene rings is 1. The fourth-order valence-electron chi connectivity index (χ4n) is 1.83. The van der Waals surface area contributed by atoms with Crippen LogP contribution in [-0.2, 0) is 6.54 Å². The van der Waals surface area contributed by atoms with E-state index in [1.807, 2.05) is 18.0 Å². The highest BCUT2D eigenvalue weighted by Crippen LogP contribution is 2.42. The average molecular weight is 263 g/mol. The molecule has 0 radical (unpaired) electrons. The highest BCUT2D eigenvalue weighted by molar-refractivity contribution is 7.15. The molecule has 5 heteroatoms. The first-order valence-corrected chi connectivity index (χ1v) is 6.83. The van der Waals surface area contributed by atoms with Gasteiger partial charge in [0.05, 0.1) is 0 Å². The molecule has 94 valence electrons. The molecule has 0 bridgehead atoms. The molecule has 1 aromatic carbocycles. The Kier molecular flexibility index (Phi) is 2.99. The van der Waals surface area contributed by atoms with Crippen LogP contribution in [0.4, 0.5) is 9.52 Å². The third kappa shape index (κ3) is 2.36. The molecule has 18 heavy (non-hydrogen) atoms. The van der Waals surface area contributed by atoms with Crippen molar-refractivity contribution in [1.82, 2.24) is 10.2 Å². The monoisotopic (exact) mass is 263 g/mol. The lowest BCUT2D eigenvalue weighted by atomic mass is 10.2. The van der Waals surface area contributed by atoms with Crippen molar-refractivity contribution in [2.45, 2.75) is 25.3 Å². The molecule has 1 saturated carbocycles. The van der Waals surface area contributed by atoms with E-state index in [1.54, 1.807) is 23.5 Å². The van der Waals surface area contributed by atoms with Crippen molar-refractivity contribution in [1.29, 1.82) is 0 Å². The van der Waals surface area contributed by atoms with Gasteiger partial charge in [-0.2, -0.15) is 0 Å². The van der Waals surface area contributed by atoms with E-state index in [0.29, 0.717) is 18.0 Å². The van der Waals surface area contributed by atoms with Crippen molar-refractivity contribution in [2.75, 3.05) is 11.9 Å². The molecule has 1 aliphatic rings. The van der Waals surface area contributed by atoms with Gasteiger partial charge in [-0.3, -0.25) is 0 Å². The number of halogens is 1. The van der Waals surface area contributed by atoms with Crippen LogP contribution in [0.5, 0.6) is 0 Å². The number of rotatable bonds is 4. The Labute approximate surface area is 109 Å². The molecule has 0 saturated heterocycles. The predicted molar refractivity (Wildman–Crippen MR) is 70.4 cm³/mol. The molecule has 0 N–H and O–H groups in total. The highest BCUT2D eigenvalue weighted by Gasteiger charge is 2.28. The summed E-state index contributed by atoms with van der Waals surface area (Å²) in [5.41, 5.74) is 0.683. The summed E-state index contributed by atoms with van der Waals surface area (Å²) in [6.45, 7) is 0.520. The van der Waals surface area contributed by atoms with Crippen molar-refractivity contribution >= 4 is 16.5 Å². The normalized spacial score (nSPS) is 14.8. The Morgan fingerprint density at radius 3 is 2.83 bits per heavy atom. The molecular weight excluding hydrogens is 249 g/mol. The lowest BCUT2D eigenvalue weighted by Gasteiger charge is -2.15. The lowest BCUT2D eigenvalue weighted by Crippen LogP contribution is -2.16. The van der Waals surface area contributed by atoms with Gasteiger partial charge in [0.15, 0.2) is 0 Å². The Balaban J connectivity index is 1.73. The first-order chi connectivity index (χ1) is 8.74. The summed E-state index contributed by atoms with van der Waals surface area (Å²) in [4.78, 5) is 1.95. The van der Waals surface area contributed by atoms with Gasteiger partial charge in [-0.05, 0) is 18.9 Å². The molecule has 0 spiro atoms. The Bertz CT molecular complexity index is 551. The second kappa shape index (κ2) is 4.65. The Morgan fingerprint density at radius 2 is 2.11 bits per heavy atom. The maximum atomic E-state index is 13.5. The van der Waals surface area contributed by atoms with Gasteiger partial charge in [0.25, 0.3) is 0 Å². The van der Waals surface area contributed by atoms with Crippen LogP contribution in [0.1, 0.15) is 29.3 Å². The number of anilines is 1. The minimum atomic E-state index is -0.170. The predicted octanol–water partition coefficient (Wildman–Crippen LogP) is 3.19. The summed E-state index contributed by atoms with van der Waals surface area (Å²) in [6, 6.07) is 6.84. The summed E-state index contributed by atoms with van der Waals surface area (Å²) in [5.74, 6) is 0.453. The van der Waals surface area contributed by atoms with Crippen LogP contribution >= 0.6 is 11.3 Å². The topological polar surface area (TPSA) is 29.0 Å². The molecular formula is C13H14FN3S. The molecule has 1 fully saturated rings. The molecule has 1 aromatic heterocycles. The third-order valence-electron chi connectivity index (χ3n) is 3.05. The second-order valence-corrected chi connectivity index (χ2v) is 5.63. The lowest BCUT2D eigenvalue weighted by molar-refractivity contribution is 0.607. The zero-order valence-electron chi connectivity index (χ0n) is 10.1. The fourth-order valence-corrected chi connectivity index (χ4v) is 2.80. The number of hydrogen-bond donors (Lipinski definition) is 0. The van der Waals surface area contributed by atoms with Gasteiger partial charge in [0, 0.05) is 25.1 Å². The van der Waals surface area contributed by atoms with E-state index in [4.69, 9.17) is 0 Å². The first-order valence-electron chi connectivity index (χ1n) is 6.02. The van der Waals surface area contributed by atoms with Crippen LogP contribution in [0.25, 0.3) is 0 Å². The van der Waals surface area contributed by atoms with Crippen molar-refractivity contribution in [3.05, 3.63) is 40.7 Å². The summed E-state index contributed by atoms with van der Waals surface area (Å²) >= 11 is 1.62. The Hall–Kier alpha value is -1.49. The highest BCUT2D eigenvalue weighted by atomic mass is 32.1. The molecule has 1 aliphatic carbocycles. The fraction of sp³-hybridized carbons (Fsp3) is 0.385. The Morgan fingerprint density at radius 1 is 1.33 bits per heavy atom. The van der Waals surface area contributed by atoms with Crippen molar-refractivity contribution in [3.8, 4) is 0 Å². The zero-order chi connectivity index (χ0) is 12.5. The minimum Gasteiger partial charge on any atom is -0.345 e. The SMILES string of the molecule is CN(Cc1ccccc1F)c1nnc(C2CC2)s1. The van der Waals surface area contributed by atoms with Gasteiger partial charge in [0.2, 0.25) is 5.13 Å². The van der Waals surface area contributed by atoms with E-state index in [0.717, 1.165) is 10.1 Å². The van der Waals surface area contributed by atoms with Crippen LogP contribution in [0.2, 0.25) is 0 Å². The van der Waals surface area contributed by atoms with Crippen molar-refractivity contribution < 1.29 is 4.39 Å². The van der Waals surface area contributed by atoms with E-state index in [1.165, 1.54) is 18.9 Å². The zero-order valence-corrected chi connectivity index (χ0v) is 11.0. The first kappa shape index (κ1) is 11.6. The smallest absolute Gasteiger partial charge is 0.208 e. The number of nitrogens with zero attached hydrogens (tertiary/aromatic N) is 3. The summed E-state index contributed by atoms with van der Waals surface area (Å²) in [5, 5.41) is 10.3. The maximum absolute atomic E-state index is 13.5. The van der Waals surface area contributed by atoms with Gasteiger partial charge in [-0.25, -0.2) is 4.39 Å². The maximum Gasteiger partial charge on any atom is 0.208 e. The minimum absolute atomic E-state index is 0.170. The van der Waals surface area contributed by atoms with Gasteiger partial charge >= 0.3 is 0 Å². The standard InChI is InChI=1S/C13H14FN3S/c1-17(8-10-4-2-3-5-11(10)14)13-16-15-12(18-13)9-6-7-9/h2-5,9H,6-8H2,1H3. The molecule has 0 unspecified atom stereocenters. The van der Waals surface area contributed by atoms with E-state index in [2.05, 4.69) is 10.2 Å². The van der Waals surface area contributed by atoms with E-state index in [-0.39, 0.29) is 5.82 Å². The molecule has 1 heterocycles. The molecule has 3 rings (SSSR count). The van der Waals surface area contributed by atoms with E-state index < -0.39 is 0 Å². The quantitative estimate of drug-likeness (QED) is 0.848. The average Bonchev–Trinajstić information content (AvgIpc) is 3.10. The van der Waals surface area contributed by atoms with Gasteiger partial charge in [-0.1, -0.05) is 29.5 Å².